The van der Waals surface area contributed by atoms with Crippen LogP contribution in [0.15, 0.2) is 22.7 Å². The van der Waals surface area contributed by atoms with Gasteiger partial charge in [-0.1, -0.05) is 27.5 Å². The average molecular weight is 273 g/mol. The molecule has 0 aliphatic heterocycles. The number of halogens is 2. The molecule has 0 radical (unpaired) electrons. The first kappa shape index (κ1) is 9.74. The molecule has 1 aromatic carbocycles. The third kappa shape index (κ3) is 1.47. The lowest BCUT2D eigenvalue weighted by Gasteiger charge is -2.05. The maximum Gasteiger partial charge on any atom is 0.141 e. The summed E-state index contributed by atoms with van der Waals surface area (Å²) < 4.78 is 0.836. The molecule has 0 aliphatic carbocycles. The third-order valence-corrected chi connectivity index (χ3v) is 2.93. The summed E-state index contributed by atoms with van der Waals surface area (Å²) in [6, 6.07) is 5.11. The zero-order valence-electron chi connectivity index (χ0n) is 7.38. The Morgan fingerprint density at radius 2 is 2.14 bits per heavy atom. The maximum atomic E-state index is 9.60. The van der Waals surface area contributed by atoms with E-state index in [0.29, 0.717) is 10.5 Å². The molecule has 0 aliphatic rings. The monoisotopic (exact) mass is 271 g/mol. The first-order valence-electron chi connectivity index (χ1n) is 4.04. The number of aromatic hydroxyl groups is 1. The largest absolute Gasteiger partial charge is 0.506 e. The van der Waals surface area contributed by atoms with Crippen molar-refractivity contribution >= 4 is 38.4 Å². The lowest BCUT2D eigenvalue weighted by Crippen LogP contribution is -1.86. The van der Waals surface area contributed by atoms with Gasteiger partial charge in [-0.15, -0.1) is 0 Å². The van der Waals surface area contributed by atoms with Gasteiger partial charge in [0.25, 0.3) is 0 Å². The second-order valence-electron chi connectivity index (χ2n) is 3.04. The molecule has 2 aromatic rings. The standard InChI is InChI=1S/C10H7BrClNO/c1-5-4-7(12)9-6(11)2-3-8(14)10(9)13-5/h2-4,14H,1H3. The number of fused-ring (bicyclic) bond motifs is 1. The molecule has 4 heteroatoms. The summed E-state index contributed by atoms with van der Waals surface area (Å²) in [6.45, 7) is 1.84. The number of phenolic OH excluding ortho intramolecular Hbond substituents is 1. The van der Waals surface area contributed by atoms with Crippen LogP contribution < -0.4 is 0 Å². The molecule has 0 fully saturated rings. The molecular weight excluding hydrogens is 265 g/mol. The minimum Gasteiger partial charge on any atom is -0.506 e. The van der Waals surface area contributed by atoms with E-state index in [-0.39, 0.29) is 5.75 Å². The number of nitrogens with zero attached hydrogens (tertiary/aromatic N) is 1. The Morgan fingerprint density at radius 1 is 1.43 bits per heavy atom. The van der Waals surface area contributed by atoms with Crippen LogP contribution in [0.3, 0.4) is 0 Å². The number of phenols is 1. The van der Waals surface area contributed by atoms with Gasteiger partial charge >= 0.3 is 0 Å². The minimum absolute atomic E-state index is 0.147. The third-order valence-electron chi connectivity index (χ3n) is 1.97. The predicted molar refractivity (Wildman–Crippen MR) is 60.9 cm³/mol. The predicted octanol–water partition coefficient (Wildman–Crippen LogP) is 3.66. The Labute approximate surface area is 94.7 Å². The van der Waals surface area contributed by atoms with E-state index in [1.807, 2.05) is 6.92 Å². The van der Waals surface area contributed by atoms with E-state index in [2.05, 4.69) is 20.9 Å². The molecule has 0 unspecified atom stereocenters. The molecule has 1 N–H and O–H groups in total. The van der Waals surface area contributed by atoms with Crippen molar-refractivity contribution in [3.8, 4) is 5.75 Å². The molecule has 14 heavy (non-hydrogen) atoms. The van der Waals surface area contributed by atoms with Crippen molar-refractivity contribution in [2.24, 2.45) is 0 Å². The molecular formula is C10H7BrClNO. The van der Waals surface area contributed by atoms with Crippen molar-refractivity contribution in [2.75, 3.05) is 0 Å². The zero-order valence-corrected chi connectivity index (χ0v) is 9.72. The summed E-state index contributed by atoms with van der Waals surface area (Å²) in [4.78, 5) is 4.23. The highest BCUT2D eigenvalue weighted by atomic mass is 79.9. The molecule has 1 heterocycles. The Bertz CT molecular complexity index is 513. The van der Waals surface area contributed by atoms with Crippen molar-refractivity contribution in [1.82, 2.24) is 4.98 Å². The Balaban J connectivity index is 3.00. The first-order valence-corrected chi connectivity index (χ1v) is 5.21. The molecule has 0 atom stereocenters. The molecule has 0 amide bonds. The number of hydrogen-bond acceptors (Lipinski definition) is 2. The maximum absolute atomic E-state index is 9.60. The van der Waals surface area contributed by atoms with Crippen LogP contribution in [0, 0.1) is 6.92 Å². The summed E-state index contributed by atoms with van der Waals surface area (Å²) in [5, 5.41) is 10.9. The van der Waals surface area contributed by atoms with E-state index >= 15 is 0 Å². The Morgan fingerprint density at radius 3 is 2.86 bits per heavy atom. The molecule has 0 bridgehead atoms. The molecule has 0 saturated heterocycles. The topological polar surface area (TPSA) is 33.1 Å². The van der Waals surface area contributed by atoms with Crippen LogP contribution in [0.5, 0.6) is 5.75 Å². The Kier molecular flexibility index (Phi) is 2.37. The van der Waals surface area contributed by atoms with Crippen molar-refractivity contribution in [3.05, 3.63) is 33.4 Å². The fourth-order valence-electron chi connectivity index (χ4n) is 1.36. The summed E-state index contributed by atoms with van der Waals surface area (Å²) in [6.07, 6.45) is 0. The highest BCUT2D eigenvalue weighted by Crippen LogP contribution is 2.34. The molecule has 2 nitrogen and oxygen atoms in total. The number of pyridine rings is 1. The van der Waals surface area contributed by atoms with Crippen molar-refractivity contribution in [2.45, 2.75) is 6.92 Å². The lowest BCUT2D eigenvalue weighted by atomic mass is 10.2. The van der Waals surface area contributed by atoms with Gasteiger partial charge in [-0.25, -0.2) is 4.98 Å². The van der Waals surface area contributed by atoms with Crippen LogP contribution >= 0.6 is 27.5 Å². The summed E-state index contributed by atoms with van der Waals surface area (Å²) >= 11 is 9.43. The van der Waals surface area contributed by atoms with Crippen LogP contribution in [-0.2, 0) is 0 Å². The van der Waals surface area contributed by atoms with Crippen LogP contribution in [0.25, 0.3) is 10.9 Å². The average Bonchev–Trinajstić information content (AvgIpc) is 2.10. The zero-order chi connectivity index (χ0) is 10.3. The molecule has 0 spiro atoms. The van der Waals surface area contributed by atoms with E-state index in [1.54, 1.807) is 18.2 Å². The number of aromatic nitrogens is 1. The number of rotatable bonds is 0. The van der Waals surface area contributed by atoms with Gasteiger partial charge in [-0.3, -0.25) is 0 Å². The minimum atomic E-state index is 0.147. The smallest absolute Gasteiger partial charge is 0.141 e. The van der Waals surface area contributed by atoms with Gasteiger partial charge in [0.15, 0.2) is 0 Å². The molecule has 1 aromatic heterocycles. The quantitative estimate of drug-likeness (QED) is 0.794. The van der Waals surface area contributed by atoms with E-state index in [4.69, 9.17) is 11.6 Å². The SMILES string of the molecule is Cc1cc(Cl)c2c(Br)ccc(O)c2n1. The number of aryl methyl sites for hydroxylation is 1. The van der Waals surface area contributed by atoms with Gasteiger partial charge in [0.05, 0.1) is 5.02 Å². The highest BCUT2D eigenvalue weighted by molar-refractivity contribution is 9.10. The lowest BCUT2D eigenvalue weighted by molar-refractivity contribution is 0.480. The molecule has 0 saturated carbocycles. The van der Waals surface area contributed by atoms with Crippen LogP contribution in [0.2, 0.25) is 5.02 Å². The summed E-state index contributed by atoms with van der Waals surface area (Å²) in [5.41, 5.74) is 1.32. The normalized spacial score (nSPS) is 10.8. The van der Waals surface area contributed by atoms with Crippen molar-refractivity contribution in [3.63, 3.8) is 0 Å². The number of benzene rings is 1. The van der Waals surface area contributed by atoms with Gasteiger partial charge in [-0.05, 0) is 25.1 Å². The summed E-state index contributed by atoms with van der Waals surface area (Å²) in [5.74, 6) is 0.147. The van der Waals surface area contributed by atoms with Gasteiger partial charge in [0, 0.05) is 15.6 Å². The van der Waals surface area contributed by atoms with Gasteiger partial charge in [0.1, 0.15) is 11.3 Å². The van der Waals surface area contributed by atoms with E-state index in [0.717, 1.165) is 15.6 Å². The number of hydrogen-bond donors (Lipinski definition) is 1. The van der Waals surface area contributed by atoms with E-state index < -0.39 is 0 Å². The van der Waals surface area contributed by atoms with Gasteiger partial charge in [-0.2, -0.15) is 0 Å². The van der Waals surface area contributed by atoms with Crippen LogP contribution in [0.4, 0.5) is 0 Å². The van der Waals surface area contributed by atoms with Crippen LogP contribution in [-0.4, -0.2) is 10.1 Å². The van der Waals surface area contributed by atoms with Crippen molar-refractivity contribution in [1.29, 1.82) is 0 Å². The fourth-order valence-corrected chi connectivity index (χ4v) is 2.36. The second kappa shape index (κ2) is 3.41. The summed E-state index contributed by atoms with van der Waals surface area (Å²) in [7, 11) is 0. The first-order chi connectivity index (χ1) is 6.59. The van der Waals surface area contributed by atoms with Gasteiger partial charge in [0.2, 0.25) is 0 Å². The fraction of sp³-hybridized carbons (Fsp3) is 0.100. The van der Waals surface area contributed by atoms with Crippen molar-refractivity contribution < 1.29 is 5.11 Å². The van der Waals surface area contributed by atoms with Gasteiger partial charge < -0.3 is 5.11 Å². The Hall–Kier alpha value is -0.800. The molecule has 72 valence electrons. The van der Waals surface area contributed by atoms with E-state index in [9.17, 15) is 5.11 Å². The second-order valence-corrected chi connectivity index (χ2v) is 4.30. The van der Waals surface area contributed by atoms with Crippen LogP contribution in [0.1, 0.15) is 5.69 Å². The van der Waals surface area contributed by atoms with E-state index in [1.165, 1.54) is 0 Å². The molecule has 2 rings (SSSR count). The highest BCUT2D eigenvalue weighted by Gasteiger charge is 2.09.